The molecule has 0 unspecified atom stereocenters. The van der Waals surface area contributed by atoms with Crippen molar-refractivity contribution in [2.24, 2.45) is 0 Å². The Bertz CT molecular complexity index is 609. The second kappa shape index (κ2) is 7.50. The topological polar surface area (TPSA) is 44.0 Å². The zero-order valence-corrected chi connectivity index (χ0v) is 13.2. The highest BCUT2D eigenvalue weighted by Crippen LogP contribution is 2.30. The number of fused-ring (bicyclic) bond motifs is 1. The molecule has 2 aromatic rings. The van der Waals surface area contributed by atoms with Gasteiger partial charge in [0, 0.05) is 26.2 Å². The fourth-order valence-electron chi connectivity index (χ4n) is 2.39. The molecule has 124 valence electrons. The van der Waals surface area contributed by atoms with Crippen LogP contribution in [0.3, 0.4) is 0 Å². The van der Waals surface area contributed by atoms with Gasteiger partial charge in [-0.1, -0.05) is 0 Å². The van der Waals surface area contributed by atoms with Crippen molar-refractivity contribution in [3.63, 3.8) is 0 Å². The van der Waals surface area contributed by atoms with Crippen molar-refractivity contribution in [1.29, 1.82) is 0 Å². The molecule has 2 heterocycles. The fourth-order valence-corrected chi connectivity index (χ4v) is 2.39. The predicted molar refractivity (Wildman–Crippen MR) is 83.7 cm³/mol. The largest absolute Gasteiger partial charge is 0.416 e. The molecule has 0 atom stereocenters. The van der Waals surface area contributed by atoms with E-state index in [1.807, 2.05) is 0 Å². The minimum absolute atomic E-state index is 0. The van der Waals surface area contributed by atoms with Crippen LogP contribution in [-0.2, 0) is 12.7 Å². The number of hydrogen-bond acceptors (Lipinski definition) is 3. The highest BCUT2D eigenvalue weighted by atomic mass is 35.5. The molecule has 0 saturated carbocycles. The van der Waals surface area contributed by atoms with Crippen LogP contribution < -0.4 is 5.32 Å². The van der Waals surface area contributed by atoms with Crippen LogP contribution in [0.5, 0.6) is 0 Å². The van der Waals surface area contributed by atoms with Crippen LogP contribution in [0.4, 0.5) is 13.2 Å². The Kier molecular flexibility index (Phi) is 6.49. The number of aromatic nitrogens is 2. The zero-order chi connectivity index (χ0) is 14.2. The van der Waals surface area contributed by atoms with Gasteiger partial charge >= 0.3 is 6.18 Å². The van der Waals surface area contributed by atoms with Crippen LogP contribution in [0, 0.1) is 0 Å². The van der Waals surface area contributed by atoms with Crippen molar-refractivity contribution in [3.05, 3.63) is 29.6 Å². The molecule has 0 bridgehead atoms. The van der Waals surface area contributed by atoms with E-state index in [4.69, 9.17) is 0 Å². The number of nitrogens with zero attached hydrogens (tertiary/aromatic N) is 2. The van der Waals surface area contributed by atoms with Crippen molar-refractivity contribution < 1.29 is 13.2 Å². The summed E-state index contributed by atoms with van der Waals surface area (Å²) >= 11 is 0. The number of piperazine rings is 1. The Hall–Kier alpha value is -1.02. The average Bonchev–Trinajstić information content (AvgIpc) is 2.80. The fraction of sp³-hybridized carbons (Fsp3) is 0.462. The molecule has 1 saturated heterocycles. The number of rotatable bonds is 2. The van der Waals surface area contributed by atoms with Crippen LogP contribution in [0.2, 0.25) is 0 Å². The summed E-state index contributed by atoms with van der Waals surface area (Å²) in [7, 11) is 0. The third-order valence-electron chi connectivity index (χ3n) is 3.44. The molecule has 1 aliphatic rings. The van der Waals surface area contributed by atoms with Gasteiger partial charge in [-0.3, -0.25) is 4.90 Å². The van der Waals surface area contributed by atoms with E-state index in [0.717, 1.165) is 38.3 Å². The third kappa shape index (κ3) is 4.25. The molecule has 9 heteroatoms. The molecule has 3 rings (SSSR count). The Balaban J connectivity index is 0.00000121. The van der Waals surface area contributed by atoms with Gasteiger partial charge in [0.25, 0.3) is 0 Å². The van der Waals surface area contributed by atoms with Gasteiger partial charge in [-0.25, -0.2) is 4.98 Å². The molecule has 1 aromatic heterocycles. The van der Waals surface area contributed by atoms with Gasteiger partial charge in [-0.2, -0.15) is 13.2 Å². The molecule has 0 radical (unpaired) electrons. The molecule has 0 amide bonds. The number of aromatic amines is 1. The number of alkyl halides is 3. The summed E-state index contributed by atoms with van der Waals surface area (Å²) in [5.41, 5.74) is 0.357. The zero-order valence-electron chi connectivity index (χ0n) is 11.6. The lowest BCUT2D eigenvalue weighted by Crippen LogP contribution is -2.43. The van der Waals surface area contributed by atoms with E-state index in [9.17, 15) is 13.2 Å². The van der Waals surface area contributed by atoms with Gasteiger partial charge < -0.3 is 10.3 Å². The Morgan fingerprint density at radius 1 is 1.14 bits per heavy atom. The first-order chi connectivity index (χ1) is 9.52. The summed E-state index contributed by atoms with van der Waals surface area (Å²) in [6.45, 7) is 4.34. The minimum Gasteiger partial charge on any atom is -0.341 e. The standard InChI is InChI=1S/C13H15F3N4.2ClH/c14-13(15,16)9-1-2-10-11(7-9)19-12(18-10)8-20-5-3-17-4-6-20;;/h1-2,7,17H,3-6,8H2,(H,18,19);2*1H. The van der Waals surface area contributed by atoms with E-state index in [2.05, 4.69) is 20.2 Å². The molecule has 22 heavy (non-hydrogen) atoms. The first-order valence-electron chi connectivity index (χ1n) is 6.51. The van der Waals surface area contributed by atoms with Crippen LogP contribution in [0.25, 0.3) is 11.0 Å². The smallest absolute Gasteiger partial charge is 0.341 e. The first-order valence-corrected chi connectivity index (χ1v) is 6.51. The summed E-state index contributed by atoms with van der Waals surface area (Å²) in [5.74, 6) is 0.709. The number of H-pyrrole nitrogens is 1. The van der Waals surface area contributed by atoms with Gasteiger partial charge in [0.15, 0.2) is 0 Å². The minimum atomic E-state index is -4.32. The van der Waals surface area contributed by atoms with E-state index in [0.29, 0.717) is 23.4 Å². The lowest BCUT2D eigenvalue weighted by molar-refractivity contribution is -0.137. The van der Waals surface area contributed by atoms with Gasteiger partial charge in [-0.05, 0) is 18.2 Å². The maximum atomic E-state index is 12.6. The summed E-state index contributed by atoms with van der Waals surface area (Å²) in [6.07, 6.45) is -4.32. The monoisotopic (exact) mass is 356 g/mol. The van der Waals surface area contributed by atoms with Crippen molar-refractivity contribution in [3.8, 4) is 0 Å². The summed E-state index contributed by atoms with van der Waals surface area (Å²) in [5, 5.41) is 3.25. The number of benzene rings is 1. The van der Waals surface area contributed by atoms with Crippen LogP contribution in [0.1, 0.15) is 11.4 Å². The maximum absolute atomic E-state index is 12.6. The van der Waals surface area contributed by atoms with E-state index in [1.54, 1.807) is 0 Å². The third-order valence-corrected chi connectivity index (χ3v) is 3.44. The van der Waals surface area contributed by atoms with Crippen LogP contribution >= 0.6 is 24.8 Å². The highest BCUT2D eigenvalue weighted by molar-refractivity contribution is 5.85. The number of hydrogen-bond donors (Lipinski definition) is 2. The molecule has 1 aliphatic heterocycles. The van der Waals surface area contributed by atoms with Crippen molar-refractivity contribution in [1.82, 2.24) is 20.2 Å². The number of imidazole rings is 1. The second-order valence-corrected chi connectivity index (χ2v) is 4.94. The van der Waals surface area contributed by atoms with Crippen LogP contribution in [-0.4, -0.2) is 41.0 Å². The molecular formula is C13H17Cl2F3N4. The Morgan fingerprint density at radius 3 is 2.45 bits per heavy atom. The van der Waals surface area contributed by atoms with Gasteiger partial charge in [0.05, 0.1) is 23.1 Å². The second-order valence-electron chi connectivity index (χ2n) is 4.94. The molecule has 2 N–H and O–H groups in total. The summed E-state index contributed by atoms with van der Waals surface area (Å²) in [6, 6.07) is 3.59. The normalized spacial score (nSPS) is 16.1. The van der Waals surface area contributed by atoms with E-state index in [1.165, 1.54) is 6.07 Å². The van der Waals surface area contributed by atoms with Crippen molar-refractivity contribution in [2.75, 3.05) is 26.2 Å². The lowest BCUT2D eigenvalue weighted by atomic mass is 10.2. The lowest BCUT2D eigenvalue weighted by Gasteiger charge is -2.26. The van der Waals surface area contributed by atoms with Crippen molar-refractivity contribution in [2.45, 2.75) is 12.7 Å². The molecule has 1 aromatic carbocycles. The number of nitrogens with one attached hydrogen (secondary N) is 2. The van der Waals surface area contributed by atoms with E-state index in [-0.39, 0.29) is 24.8 Å². The highest BCUT2D eigenvalue weighted by Gasteiger charge is 2.30. The number of halogens is 5. The molecule has 1 fully saturated rings. The van der Waals surface area contributed by atoms with Crippen molar-refractivity contribution >= 4 is 35.8 Å². The van der Waals surface area contributed by atoms with Crippen LogP contribution in [0.15, 0.2) is 18.2 Å². The molecule has 4 nitrogen and oxygen atoms in total. The maximum Gasteiger partial charge on any atom is 0.416 e. The quantitative estimate of drug-likeness (QED) is 0.869. The van der Waals surface area contributed by atoms with Gasteiger partial charge in [-0.15, -0.1) is 24.8 Å². The SMILES string of the molecule is Cl.Cl.FC(F)(F)c1ccc2nc(CN3CCNCC3)[nH]c2c1. The molecular weight excluding hydrogens is 340 g/mol. The van der Waals surface area contributed by atoms with E-state index >= 15 is 0 Å². The molecule has 0 aliphatic carbocycles. The van der Waals surface area contributed by atoms with Gasteiger partial charge in [0.1, 0.15) is 5.82 Å². The first kappa shape index (κ1) is 19.0. The Labute approximate surface area is 138 Å². The summed E-state index contributed by atoms with van der Waals surface area (Å²) < 4.78 is 37.9. The predicted octanol–water partition coefficient (Wildman–Crippen LogP) is 2.83. The Morgan fingerprint density at radius 2 is 1.82 bits per heavy atom. The van der Waals surface area contributed by atoms with E-state index < -0.39 is 11.7 Å². The molecule has 0 spiro atoms. The average molecular weight is 357 g/mol. The summed E-state index contributed by atoms with van der Waals surface area (Å²) in [4.78, 5) is 9.55. The van der Waals surface area contributed by atoms with Gasteiger partial charge in [0.2, 0.25) is 0 Å².